The van der Waals surface area contributed by atoms with Crippen molar-refractivity contribution in [2.75, 3.05) is 0 Å². The second-order valence-corrected chi connectivity index (χ2v) is 7.07. The fourth-order valence-corrected chi connectivity index (χ4v) is 3.22. The summed E-state index contributed by atoms with van der Waals surface area (Å²) in [6, 6.07) is 8.27. The Morgan fingerprint density at radius 1 is 1.14 bits per heavy atom. The summed E-state index contributed by atoms with van der Waals surface area (Å²) < 4.78 is 6.09. The van der Waals surface area contributed by atoms with E-state index in [1.54, 1.807) is 0 Å². The smallest absolute Gasteiger partial charge is 0.125 e. The molecule has 3 atom stereocenters. The van der Waals surface area contributed by atoms with Crippen LogP contribution in [0.15, 0.2) is 24.3 Å². The lowest BCUT2D eigenvalue weighted by Gasteiger charge is -2.41. The Bertz CT molecular complexity index is 435. The molecule has 1 saturated carbocycles. The minimum atomic E-state index is -0.334. The van der Waals surface area contributed by atoms with Crippen molar-refractivity contribution in [1.82, 2.24) is 0 Å². The molecule has 0 heterocycles. The van der Waals surface area contributed by atoms with E-state index in [1.165, 1.54) is 12.0 Å². The van der Waals surface area contributed by atoms with Gasteiger partial charge in [0.15, 0.2) is 0 Å². The van der Waals surface area contributed by atoms with E-state index in [-0.39, 0.29) is 12.2 Å². The molecular formula is C19H30O2. The Morgan fingerprint density at radius 3 is 2.38 bits per heavy atom. The SMILES string of the molecule is CCc1ccc(OC2CC(C(C)(C)CC)CCC2O)cc1. The van der Waals surface area contributed by atoms with Crippen molar-refractivity contribution < 1.29 is 9.84 Å². The minimum absolute atomic E-state index is 0.0675. The van der Waals surface area contributed by atoms with Gasteiger partial charge in [0.05, 0.1) is 6.10 Å². The maximum Gasteiger partial charge on any atom is 0.125 e. The highest BCUT2D eigenvalue weighted by atomic mass is 16.5. The molecule has 0 saturated heterocycles. The number of hydrogen-bond donors (Lipinski definition) is 1. The highest BCUT2D eigenvalue weighted by Gasteiger charge is 2.37. The Hall–Kier alpha value is -1.02. The van der Waals surface area contributed by atoms with Gasteiger partial charge in [0, 0.05) is 0 Å². The molecule has 1 aliphatic carbocycles. The average Bonchev–Trinajstić information content (AvgIpc) is 2.50. The van der Waals surface area contributed by atoms with E-state index < -0.39 is 0 Å². The van der Waals surface area contributed by atoms with Crippen LogP contribution in [0.2, 0.25) is 0 Å². The van der Waals surface area contributed by atoms with Crippen molar-refractivity contribution in [3.8, 4) is 5.75 Å². The van der Waals surface area contributed by atoms with Crippen LogP contribution in [-0.2, 0) is 6.42 Å². The third-order valence-corrected chi connectivity index (χ3v) is 5.39. The van der Waals surface area contributed by atoms with E-state index in [0.717, 1.165) is 31.4 Å². The van der Waals surface area contributed by atoms with Gasteiger partial charge in [-0.2, -0.15) is 0 Å². The predicted molar refractivity (Wildman–Crippen MR) is 87.7 cm³/mol. The lowest BCUT2D eigenvalue weighted by molar-refractivity contribution is -0.0333. The lowest BCUT2D eigenvalue weighted by Crippen LogP contribution is -2.42. The molecule has 1 aliphatic rings. The summed E-state index contributed by atoms with van der Waals surface area (Å²) in [5.74, 6) is 1.51. The Balaban J connectivity index is 2.03. The number of aryl methyl sites for hydroxylation is 1. The van der Waals surface area contributed by atoms with Crippen LogP contribution < -0.4 is 4.74 Å². The van der Waals surface area contributed by atoms with Gasteiger partial charge in [-0.05, 0) is 54.7 Å². The predicted octanol–water partition coefficient (Wildman–Crippen LogP) is 4.59. The first-order valence-corrected chi connectivity index (χ1v) is 8.40. The molecule has 3 unspecified atom stereocenters. The molecule has 0 aromatic heterocycles. The molecular weight excluding hydrogens is 260 g/mol. The molecule has 0 bridgehead atoms. The van der Waals surface area contributed by atoms with E-state index in [4.69, 9.17) is 4.74 Å². The van der Waals surface area contributed by atoms with Crippen LogP contribution in [0.3, 0.4) is 0 Å². The Kier molecular flexibility index (Phi) is 5.32. The molecule has 0 amide bonds. The summed E-state index contributed by atoms with van der Waals surface area (Å²) in [7, 11) is 0. The van der Waals surface area contributed by atoms with Gasteiger partial charge in [-0.15, -0.1) is 0 Å². The second-order valence-electron chi connectivity index (χ2n) is 7.07. The maximum absolute atomic E-state index is 10.3. The second kappa shape index (κ2) is 6.83. The highest BCUT2D eigenvalue weighted by Crippen LogP contribution is 2.41. The summed E-state index contributed by atoms with van der Waals surface area (Å²) in [5.41, 5.74) is 1.64. The normalized spacial score (nSPS) is 26.6. The molecule has 2 nitrogen and oxygen atoms in total. The zero-order chi connectivity index (χ0) is 15.5. The largest absolute Gasteiger partial charge is 0.488 e. The first-order chi connectivity index (χ1) is 9.96. The number of aliphatic hydroxyl groups is 1. The molecule has 2 heteroatoms. The molecule has 1 aromatic carbocycles. The number of benzene rings is 1. The summed E-state index contributed by atoms with van der Waals surface area (Å²) in [5, 5.41) is 10.3. The van der Waals surface area contributed by atoms with Crippen molar-refractivity contribution in [3.63, 3.8) is 0 Å². The monoisotopic (exact) mass is 290 g/mol. The van der Waals surface area contributed by atoms with Gasteiger partial charge in [0.2, 0.25) is 0 Å². The van der Waals surface area contributed by atoms with Gasteiger partial charge in [0.25, 0.3) is 0 Å². The van der Waals surface area contributed by atoms with Gasteiger partial charge in [-0.1, -0.05) is 46.2 Å². The van der Waals surface area contributed by atoms with Crippen LogP contribution >= 0.6 is 0 Å². The van der Waals surface area contributed by atoms with Gasteiger partial charge in [-0.3, -0.25) is 0 Å². The topological polar surface area (TPSA) is 29.5 Å². The highest BCUT2D eigenvalue weighted by molar-refractivity contribution is 5.27. The van der Waals surface area contributed by atoms with E-state index in [0.29, 0.717) is 11.3 Å². The van der Waals surface area contributed by atoms with Gasteiger partial charge in [0.1, 0.15) is 11.9 Å². The molecule has 2 rings (SSSR count). The standard InChI is InChI=1S/C19H30O2/c1-5-14-7-10-16(11-8-14)21-18-13-15(9-12-17(18)20)19(3,4)6-2/h7-8,10-11,15,17-18,20H,5-6,9,12-13H2,1-4H3. The Labute approximate surface area is 129 Å². The van der Waals surface area contributed by atoms with Gasteiger partial charge < -0.3 is 9.84 Å². The molecule has 21 heavy (non-hydrogen) atoms. The number of ether oxygens (including phenoxy) is 1. The van der Waals surface area contributed by atoms with Crippen LogP contribution in [-0.4, -0.2) is 17.3 Å². The fraction of sp³-hybridized carbons (Fsp3) is 0.684. The lowest BCUT2D eigenvalue weighted by atomic mass is 9.68. The zero-order valence-electron chi connectivity index (χ0n) is 13.9. The van der Waals surface area contributed by atoms with E-state index in [2.05, 4.69) is 39.8 Å². The van der Waals surface area contributed by atoms with E-state index >= 15 is 0 Å². The summed E-state index contributed by atoms with van der Waals surface area (Å²) in [6.07, 6.45) is 4.73. The molecule has 118 valence electrons. The van der Waals surface area contributed by atoms with E-state index in [1.807, 2.05) is 12.1 Å². The van der Waals surface area contributed by atoms with Crippen LogP contribution in [0.4, 0.5) is 0 Å². The van der Waals surface area contributed by atoms with Gasteiger partial charge >= 0.3 is 0 Å². The van der Waals surface area contributed by atoms with Crippen LogP contribution in [0.25, 0.3) is 0 Å². The fourth-order valence-electron chi connectivity index (χ4n) is 3.22. The first-order valence-electron chi connectivity index (χ1n) is 8.40. The van der Waals surface area contributed by atoms with Crippen molar-refractivity contribution >= 4 is 0 Å². The molecule has 1 aromatic rings. The van der Waals surface area contributed by atoms with E-state index in [9.17, 15) is 5.11 Å². The third kappa shape index (κ3) is 4.00. The molecule has 1 N–H and O–H groups in total. The van der Waals surface area contributed by atoms with Crippen molar-refractivity contribution in [1.29, 1.82) is 0 Å². The zero-order valence-corrected chi connectivity index (χ0v) is 13.9. The minimum Gasteiger partial charge on any atom is -0.488 e. The molecule has 0 radical (unpaired) electrons. The Morgan fingerprint density at radius 2 is 1.81 bits per heavy atom. The van der Waals surface area contributed by atoms with Crippen LogP contribution in [0.5, 0.6) is 5.75 Å². The van der Waals surface area contributed by atoms with Gasteiger partial charge in [-0.25, -0.2) is 0 Å². The average molecular weight is 290 g/mol. The maximum atomic E-state index is 10.3. The van der Waals surface area contributed by atoms with Crippen molar-refractivity contribution in [2.24, 2.45) is 11.3 Å². The summed E-state index contributed by atoms with van der Waals surface area (Å²) in [6.45, 7) is 9.08. The number of rotatable bonds is 5. The number of aliphatic hydroxyl groups excluding tert-OH is 1. The quantitative estimate of drug-likeness (QED) is 0.859. The first kappa shape index (κ1) is 16.4. The molecule has 1 fully saturated rings. The van der Waals surface area contributed by atoms with Crippen molar-refractivity contribution in [3.05, 3.63) is 29.8 Å². The van der Waals surface area contributed by atoms with Crippen molar-refractivity contribution in [2.45, 2.75) is 72.0 Å². The summed E-state index contributed by atoms with van der Waals surface area (Å²) >= 11 is 0. The van der Waals surface area contributed by atoms with Crippen LogP contribution in [0.1, 0.15) is 58.9 Å². The third-order valence-electron chi connectivity index (χ3n) is 5.39. The summed E-state index contributed by atoms with van der Waals surface area (Å²) in [4.78, 5) is 0. The molecule has 0 spiro atoms. The van der Waals surface area contributed by atoms with Crippen LogP contribution in [0, 0.1) is 11.3 Å². The number of hydrogen-bond acceptors (Lipinski definition) is 2. The molecule has 0 aliphatic heterocycles.